The van der Waals surface area contributed by atoms with Gasteiger partial charge in [0.05, 0.1) is 0 Å². The van der Waals surface area contributed by atoms with Gasteiger partial charge in [0.15, 0.2) is 0 Å². The van der Waals surface area contributed by atoms with E-state index in [0.717, 1.165) is 5.92 Å². The van der Waals surface area contributed by atoms with Crippen molar-refractivity contribution in [1.29, 1.82) is 0 Å². The van der Waals surface area contributed by atoms with Gasteiger partial charge in [-0.15, -0.1) is 0 Å². The minimum atomic E-state index is 0.668. The van der Waals surface area contributed by atoms with Crippen molar-refractivity contribution in [1.82, 2.24) is 0 Å². The van der Waals surface area contributed by atoms with E-state index >= 15 is 0 Å². The maximum Gasteiger partial charge on any atom is 0.0178 e. The normalized spacial score (nSPS) is 21.2. The molecule has 1 aliphatic carbocycles. The van der Waals surface area contributed by atoms with Gasteiger partial charge in [-0.05, 0) is 41.9 Å². The number of hydrogen-bond acceptors (Lipinski definition) is 1. The molecule has 0 amide bonds. The Bertz CT molecular complexity index is 304. The van der Waals surface area contributed by atoms with E-state index in [-0.39, 0.29) is 0 Å². The predicted molar refractivity (Wildman–Crippen MR) is 55.7 cm³/mol. The first kappa shape index (κ1) is 8.76. The van der Waals surface area contributed by atoms with Crippen LogP contribution in [0.4, 0.5) is 0 Å². The molecule has 1 heteroatoms. The highest BCUT2D eigenvalue weighted by Crippen LogP contribution is 2.31. The van der Waals surface area contributed by atoms with E-state index in [9.17, 15) is 0 Å². The number of aryl methyl sites for hydroxylation is 1. The molecule has 2 N–H and O–H groups in total. The van der Waals surface area contributed by atoms with Crippen LogP contribution in [0.3, 0.4) is 0 Å². The summed E-state index contributed by atoms with van der Waals surface area (Å²) in [5.41, 5.74) is 9.96. The molecule has 0 bridgehead atoms. The fourth-order valence-corrected chi connectivity index (χ4v) is 2.24. The van der Waals surface area contributed by atoms with E-state index < -0.39 is 0 Å². The summed E-state index contributed by atoms with van der Waals surface area (Å²) in [6, 6.07) is 6.72. The van der Waals surface area contributed by atoms with Gasteiger partial charge in [-0.1, -0.05) is 25.1 Å². The van der Waals surface area contributed by atoms with Crippen LogP contribution in [-0.4, -0.2) is 0 Å². The van der Waals surface area contributed by atoms with Crippen molar-refractivity contribution < 1.29 is 0 Å². The molecule has 0 aliphatic heterocycles. The number of hydrogen-bond donors (Lipinski definition) is 1. The summed E-state index contributed by atoms with van der Waals surface area (Å²) in [5.74, 6) is 0.746. The van der Waals surface area contributed by atoms with E-state index in [0.29, 0.717) is 6.54 Å². The smallest absolute Gasteiger partial charge is 0.0178 e. The molecule has 1 aromatic carbocycles. The van der Waals surface area contributed by atoms with Gasteiger partial charge in [-0.2, -0.15) is 0 Å². The van der Waals surface area contributed by atoms with Gasteiger partial charge in [0.2, 0.25) is 0 Å². The summed E-state index contributed by atoms with van der Waals surface area (Å²) in [7, 11) is 0. The maximum atomic E-state index is 5.62. The highest BCUT2D eigenvalue weighted by molar-refractivity contribution is 5.36. The molecule has 0 saturated carbocycles. The van der Waals surface area contributed by atoms with Crippen molar-refractivity contribution in [2.75, 3.05) is 0 Å². The molecule has 1 aromatic rings. The molecule has 0 spiro atoms. The third kappa shape index (κ3) is 1.61. The van der Waals surface area contributed by atoms with Crippen molar-refractivity contribution in [3.05, 3.63) is 34.9 Å². The standard InChI is InChI=1S/C12H17N/c1-9-3-2-4-11-7-10(8-13)5-6-12(9)11/h5-7,9H,2-4,8,13H2,1H3. The molecule has 2 rings (SSSR count). The molecule has 1 unspecified atom stereocenters. The summed E-state index contributed by atoms with van der Waals surface area (Å²) in [6.07, 6.45) is 3.92. The molecular weight excluding hydrogens is 158 g/mol. The van der Waals surface area contributed by atoms with Crippen LogP contribution in [0.25, 0.3) is 0 Å². The quantitative estimate of drug-likeness (QED) is 0.697. The number of benzene rings is 1. The van der Waals surface area contributed by atoms with E-state index in [4.69, 9.17) is 5.73 Å². The van der Waals surface area contributed by atoms with Gasteiger partial charge in [0.25, 0.3) is 0 Å². The lowest BCUT2D eigenvalue weighted by Crippen LogP contribution is -2.08. The zero-order chi connectivity index (χ0) is 9.26. The van der Waals surface area contributed by atoms with Crippen LogP contribution in [0.1, 0.15) is 42.4 Å². The Labute approximate surface area is 80.0 Å². The molecule has 0 saturated heterocycles. The first-order chi connectivity index (χ1) is 6.31. The summed E-state index contributed by atoms with van der Waals surface area (Å²) in [6.45, 7) is 2.99. The van der Waals surface area contributed by atoms with Crippen molar-refractivity contribution in [3.63, 3.8) is 0 Å². The Kier molecular flexibility index (Phi) is 2.36. The van der Waals surface area contributed by atoms with Gasteiger partial charge in [-0.25, -0.2) is 0 Å². The molecule has 1 aliphatic rings. The maximum absolute atomic E-state index is 5.62. The SMILES string of the molecule is CC1CCCc2cc(CN)ccc21. The van der Waals surface area contributed by atoms with Crippen LogP contribution in [-0.2, 0) is 13.0 Å². The van der Waals surface area contributed by atoms with E-state index in [1.807, 2.05) is 0 Å². The summed E-state index contributed by atoms with van der Waals surface area (Å²) in [4.78, 5) is 0. The molecular formula is C12H17N. The Hall–Kier alpha value is -0.820. The Morgan fingerprint density at radius 3 is 3.08 bits per heavy atom. The number of nitrogens with two attached hydrogens (primary N) is 1. The van der Waals surface area contributed by atoms with Crippen LogP contribution < -0.4 is 5.73 Å². The van der Waals surface area contributed by atoms with Crippen molar-refractivity contribution in [3.8, 4) is 0 Å². The first-order valence-electron chi connectivity index (χ1n) is 5.13. The molecule has 0 fully saturated rings. The fourth-order valence-electron chi connectivity index (χ4n) is 2.24. The van der Waals surface area contributed by atoms with Gasteiger partial charge >= 0.3 is 0 Å². The van der Waals surface area contributed by atoms with Crippen LogP contribution in [0, 0.1) is 0 Å². The largest absolute Gasteiger partial charge is 0.326 e. The second-order valence-electron chi connectivity index (χ2n) is 4.03. The third-order valence-electron chi connectivity index (χ3n) is 3.06. The lowest BCUT2D eigenvalue weighted by atomic mass is 9.83. The minimum Gasteiger partial charge on any atom is -0.326 e. The van der Waals surface area contributed by atoms with Gasteiger partial charge < -0.3 is 5.73 Å². The number of fused-ring (bicyclic) bond motifs is 1. The molecule has 0 radical (unpaired) electrons. The summed E-state index contributed by atoms with van der Waals surface area (Å²) < 4.78 is 0. The molecule has 1 atom stereocenters. The monoisotopic (exact) mass is 175 g/mol. The van der Waals surface area contributed by atoms with Gasteiger partial charge in [0, 0.05) is 6.54 Å². The molecule has 1 nitrogen and oxygen atoms in total. The molecule has 0 aromatic heterocycles. The average molecular weight is 175 g/mol. The lowest BCUT2D eigenvalue weighted by molar-refractivity contribution is 0.589. The highest BCUT2D eigenvalue weighted by atomic mass is 14.5. The highest BCUT2D eigenvalue weighted by Gasteiger charge is 2.15. The van der Waals surface area contributed by atoms with E-state index in [2.05, 4.69) is 25.1 Å². The van der Waals surface area contributed by atoms with E-state index in [1.165, 1.54) is 30.4 Å². The van der Waals surface area contributed by atoms with Crippen molar-refractivity contribution in [2.24, 2.45) is 5.73 Å². The fraction of sp³-hybridized carbons (Fsp3) is 0.500. The predicted octanol–water partition coefficient (Wildman–Crippen LogP) is 2.59. The van der Waals surface area contributed by atoms with Crippen LogP contribution in [0.5, 0.6) is 0 Å². The van der Waals surface area contributed by atoms with Crippen molar-refractivity contribution in [2.45, 2.75) is 38.6 Å². The Balaban J connectivity index is 2.39. The molecule has 70 valence electrons. The zero-order valence-electron chi connectivity index (χ0n) is 8.22. The molecule has 0 heterocycles. The van der Waals surface area contributed by atoms with Crippen molar-refractivity contribution >= 4 is 0 Å². The second-order valence-corrected chi connectivity index (χ2v) is 4.03. The first-order valence-corrected chi connectivity index (χ1v) is 5.13. The third-order valence-corrected chi connectivity index (χ3v) is 3.06. The summed E-state index contributed by atoms with van der Waals surface area (Å²) in [5, 5.41) is 0. The van der Waals surface area contributed by atoms with Crippen LogP contribution in [0.2, 0.25) is 0 Å². The Morgan fingerprint density at radius 1 is 1.46 bits per heavy atom. The zero-order valence-corrected chi connectivity index (χ0v) is 8.22. The summed E-state index contributed by atoms with van der Waals surface area (Å²) >= 11 is 0. The minimum absolute atomic E-state index is 0.668. The second kappa shape index (κ2) is 3.51. The Morgan fingerprint density at radius 2 is 2.31 bits per heavy atom. The van der Waals surface area contributed by atoms with Crippen LogP contribution in [0.15, 0.2) is 18.2 Å². The van der Waals surface area contributed by atoms with Crippen LogP contribution >= 0.6 is 0 Å². The van der Waals surface area contributed by atoms with Gasteiger partial charge in [0.1, 0.15) is 0 Å². The van der Waals surface area contributed by atoms with E-state index in [1.54, 1.807) is 5.56 Å². The molecule has 13 heavy (non-hydrogen) atoms. The number of rotatable bonds is 1. The topological polar surface area (TPSA) is 26.0 Å². The van der Waals surface area contributed by atoms with Gasteiger partial charge in [-0.3, -0.25) is 0 Å². The average Bonchev–Trinajstić information content (AvgIpc) is 2.18. The lowest BCUT2D eigenvalue weighted by Gasteiger charge is -2.22.